The minimum Gasteiger partial charge on any atom is -0.378 e. The molecule has 2 aromatic rings. The molecule has 1 aliphatic carbocycles. The highest BCUT2D eigenvalue weighted by Crippen LogP contribution is 2.42. The van der Waals surface area contributed by atoms with Crippen LogP contribution in [-0.4, -0.2) is 34.0 Å². The fourth-order valence-electron chi connectivity index (χ4n) is 4.00. The van der Waals surface area contributed by atoms with Crippen LogP contribution in [0.15, 0.2) is 59.7 Å². The zero-order chi connectivity index (χ0) is 22.8. The number of rotatable bonds is 4. The van der Waals surface area contributed by atoms with E-state index in [-0.39, 0.29) is 11.2 Å². The van der Waals surface area contributed by atoms with Gasteiger partial charge < -0.3 is 9.80 Å². The number of carbonyl (C=O) groups is 1. The van der Waals surface area contributed by atoms with Gasteiger partial charge in [0.1, 0.15) is 0 Å². The fraction of sp³-hybridized carbons (Fsp3) is 0.393. The minimum absolute atomic E-state index is 0.141. The molecule has 164 valence electrons. The Balaban J connectivity index is 1.95. The molecule has 3 rings (SSSR count). The lowest BCUT2D eigenvalue weighted by Gasteiger charge is -2.35. The Morgan fingerprint density at radius 2 is 1.06 bits per heavy atom. The molecule has 0 unspecified atom stereocenters. The van der Waals surface area contributed by atoms with Gasteiger partial charge in [-0.1, -0.05) is 45.0 Å². The van der Waals surface area contributed by atoms with Crippen molar-refractivity contribution in [2.75, 3.05) is 38.0 Å². The number of hydrogen-bond acceptors (Lipinski definition) is 3. The predicted molar refractivity (Wildman–Crippen MR) is 135 cm³/mol. The summed E-state index contributed by atoms with van der Waals surface area (Å²) >= 11 is 0. The molecule has 0 aliphatic heterocycles. The van der Waals surface area contributed by atoms with Crippen molar-refractivity contribution in [3.05, 3.63) is 70.8 Å². The molecule has 0 aromatic heterocycles. The summed E-state index contributed by atoms with van der Waals surface area (Å²) in [5.41, 5.74) is 6.46. The molecule has 2 aromatic carbocycles. The van der Waals surface area contributed by atoms with Crippen molar-refractivity contribution < 1.29 is 4.79 Å². The standard InChI is InChI=1S/C28H36N2O/c1-28(2,3)24-18-22(16-20-8-12-25(13-9-20)29(4)5)27(31)23(19-24)17-21-10-14-26(15-11-21)30(6)7/h8-17,24H,18-19H2,1-7H3. The predicted octanol–water partition coefficient (Wildman–Crippen LogP) is 6.31. The van der Waals surface area contributed by atoms with E-state index in [1.807, 2.05) is 28.2 Å². The van der Waals surface area contributed by atoms with Crippen LogP contribution in [0.25, 0.3) is 12.2 Å². The lowest BCUT2D eigenvalue weighted by atomic mass is 9.68. The number of hydrogen-bond donors (Lipinski definition) is 0. The average molecular weight is 417 g/mol. The first-order valence-electron chi connectivity index (χ1n) is 11.0. The van der Waals surface area contributed by atoms with E-state index in [1.54, 1.807) is 0 Å². The first-order chi connectivity index (χ1) is 14.5. The van der Waals surface area contributed by atoms with E-state index in [4.69, 9.17) is 0 Å². The van der Waals surface area contributed by atoms with Gasteiger partial charge in [-0.05, 0) is 71.7 Å². The molecule has 0 radical (unpaired) electrons. The number of ketones is 1. The fourth-order valence-corrected chi connectivity index (χ4v) is 4.00. The zero-order valence-corrected chi connectivity index (χ0v) is 20.1. The van der Waals surface area contributed by atoms with Crippen LogP contribution in [-0.2, 0) is 4.79 Å². The Hall–Kier alpha value is -2.81. The average Bonchev–Trinajstić information content (AvgIpc) is 2.71. The lowest BCUT2D eigenvalue weighted by molar-refractivity contribution is -0.113. The third-order valence-corrected chi connectivity index (χ3v) is 6.24. The topological polar surface area (TPSA) is 23.6 Å². The molecular weight excluding hydrogens is 380 g/mol. The Labute approximate surface area is 188 Å². The first-order valence-corrected chi connectivity index (χ1v) is 11.0. The molecule has 0 heterocycles. The van der Waals surface area contributed by atoms with Crippen molar-refractivity contribution >= 4 is 29.3 Å². The number of allylic oxidation sites excluding steroid dienone is 2. The highest BCUT2D eigenvalue weighted by molar-refractivity contribution is 6.14. The summed E-state index contributed by atoms with van der Waals surface area (Å²) in [5, 5.41) is 0. The van der Waals surface area contributed by atoms with Gasteiger partial charge >= 0.3 is 0 Å². The summed E-state index contributed by atoms with van der Waals surface area (Å²) in [7, 11) is 8.14. The van der Waals surface area contributed by atoms with Crippen LogP contribution in [0, 0.1) is 11.3 Å². The van der Waals surface area contributed by atoms with Gasteiger partial charge in [-0.15, -0.1) is 0 Å². The highest BCUT2D eigenvalue weighted by atomic mass is 16.1. The third-order valence-electron chi connectivity index (χ3n) is 6.24. The van der Waals surface area contributed by atoms with Crippen molar-refractivity contribution in [1.82, 2.24) is 0 Å². The van der Waals surface area contributed by atoms with Crippen LogP contribution in [0.3, 0.4) is 0 Å². The van der Waals surface area contributed by atoms with Crippen LogP contribution in [0.1, 0.15) is 44.7 Å². The highest BCUT2D eigenvalue weighted by Gasteiger charge is 2.34. The van der Waals surface area contributed by atoms with E-state index in [9.17, 15) is 4.79 Å². The second kappa shape index (κ2) is 9.13. The summed E-state index contributed by atoms with van der Waals surface area (Å²) < 4.78 is 0. The van der Waals surface area contributed by atoms with Gasteiger partial charge in [-0.2, -0.15) is 0 Å². The molecule has 31 heavy (non-hydrogen) atoms. The molecule has 3 nitrogen and oxygen atoms in total. The maximum atomic E-state index is 13.4. The third kappa shape index (κ3) is 5.66. The zero-order valence-electron chi connectivity index (χ0n) is 20.1. The van der Waals surface area contributed by atoms with Crippen molar-refractivity contribution in [2.24, 2.45) is 11.3 Å². The molecule has 0 saturated heterocycles. The van der Waals surface area contributed by atoms with Crippen LogP contribution in [0.5, 0.6) is 0 Å². The molecule has 0 amide bonds. The van der Waals surface area contributed by atoms with Crippen LogP contribution >= 0.6 is 0 Å². The van der Waals surface area contributed by atoms with Crippen LogP contribution in [0.4, 0.5) is 11.4 Å². The monoisotopic (exact) mass is 416 g/mol. The Bertz CT molecular complexity index is 898. The summed E-state index contributed by atoms with van der Waals surface area (Å²) in [4.78, 5) is 17.6. The second-order valence-corrected chi connectivity index (χ2v) is 10.1. The van der Waals surface area contributed by atoms with Crippen molar-refractivity contribution in [1.29, 1.82) is 0 Å². The van der Waals surface area contributed by atoms with Crippen LogP contribution in [0.2, 0.25) is 0 Å². The van der Waals surface area contributed by atoms with Gasteiger partial charge in [0.15, 0.2) is 5.78 Å². The molecular formula is C28H36N2O. The molecule has 0 bridgehead atoms. The number of carbonyl (C=O) groups excluding carboxylic acids is 1. The smallest absolute Gasteiger partial charge is 0.185 e. The summed E-state index contributed by atoms with van der Waals surface area (Å²) in [6.07, 6.45) is 5.83. The number of benzene rings is 2. The maximum Gasteiger partial charge on any atom is 0.185 e. The van der Waals surface area contributed by atoms with Crippen molar-refractivity contribution in [3.63, 3.8) is 0 Å². The van der Waals surface area contributed by atoms with E-state index in [2.05, 4.69) is 91.3 Å². The Morgan fingerprint density at radius 1 is 0.710 bits per heavy atom. The Kier molecular flexibility index (Phi) is 6.74. The van der Waals surface area contributed by atoms with E-state index in [0.29, 0.717) is 5.92 Å². The van der Waals surface area contributed by atoms with Gasteiger partial charge in [0, 0.05) is 50.7 Å². The van der Waals surface area contributed by atoms with Crippen LogP contribution < -0.4 is 9.80 Å². The first kappa shape index (κ1) is 22.9. The number of Topliss-reactive ketones (excluding diaryl/α,β-unsaturated/α-hetero) is 1. The SMILES string of the molecule is CN(C)c1ccc(C=C2CC(C(C)(C)C)CC(=Cc3ccc(N(C)C)cc3)C2=O)cc1. The Morgan fingerprint density at radius 3 is 1.35 bits per heavy atom. The molecule has 1 fully saturated rings. The molecule has 0 atom stereocenters. The van der Waals surface area contributed by atoms with E-state index in [1.165, 1.54) is 0 Å². The summed E-state index contributed by atoms with van der Waals surface area (Å²) in [5.74, 6) is 0.624. The molecule has 1 aliphatic rings. The molecule has 1 saturated carbocycles. The van der Waals surface area contributed by atoms with E-state index in [0.717, 1.165) is 46.5 Å². The summed E-state index contributed by atoms with van der Waals surface area (Å²) in [6.45, 7) is 6.83. The second-order valence-electron chi connectivity index (χ2n) is 10.1. The maximum absolute atomic E-state index is 13.4. The van der Waals surface area contributed by atoms with Gasteiger partial charge in [0.25, 0.3) is 0 Å². The van der Waals surface area contributed by atoms with E-state index < -0.39 is 0 Å². The largest absolute Gasteiger partial charge is 0.378 e. The minimum atomic E-state index is 0.141. The van der Waals surface area contributed by atoms with Gasteiger partial charge in [-0.3, -0.25) is 4.79 Å². The number of nitrogens with zero attached hydrogens (tertiary/aromatic N) is 2. The molecule has 0 N–H and O–H groups in total. The molecule has 3 heteroatoms. The number of anilines is 2. The normalized spacial score (nSPS) is 19.7. The van der Waals surface area contributed by atoms with Gasteiger partial charge in [0.2, 0.25) is 0 Å². The van der Waals surface area contributed by atoms with Crippen molar-refractivity contribution in [2.45, 2.75) is 33.6 Å². The van der Waals surface area contributed by atoms with E-state index >= 15 is 0 Å². The van der Waals surface area contributed by atoms with Gasteiger partial charge in [0.05, 0.1) is 0 Å². The molecule has 0 spiro atoms. The van der Waals surface area contributed by atoms with Crippen molar-refractivity contribution in [3.8, 4) is 0 Å². The lowest BCUT2D eigenvalue weighted by Crippen LogP contribution is -2.29. The quantitative estimate of drug-likeness (QED) is 0.546. The summed E-state index contributed by atoms with van der Waals surface area (Å²) in [6, 6.07) is 16.8. The van der Waals surface area contributed by atoms with Gasteiger partial charge in [-0.25, -0.2) is 0 Å².